The molecule has 4 heteroatoms. The molecule has 0 aliphatic rings. The summed E-state index contributed by atoms with van der Waals surface area (Å²) in [5.41, 5.74) is 2.56. The van der Waals surface area contributed by atoms with Gasteiger partial charge in [-0.2, -0.15) is 0 Å². The van der Waals surface area contributed by atoms with Crippen molar-refractivity contribution in [2.24, 2.45) is 0 Å². The fourth-order valence-electron chi connectivity index (χ4n) is 2.54. The van der Waals surface area contributed by atoms with Crippen molar-refractivity contribution in [3.8, 4) is 11.8 Å². The van der Waals surface area contributed by atoms with Crippen LogP contribution < -0.4 is 0 Å². The quantitative estimate of drug-likeness (QED) is 0.520. The van der Waals surface area contributed by atoms with E-state index in [2.05, 4.69) is 30.4 Å². The molecule has 0 aliphatic carbocycles. The van der Waals surface area contributed by atoms with E-state index in [9.17, 15) is 9.90 Å². The first-order valence-corrected chi connectivity index (χ1v) is 7.66. The van der Waals surface area contributed by atoms with Gasteiger partial charge in [0.1, 0.15) is 0 Å². The Morgan fingerprint density at radius 1 is 1.48 bits per heavy atom. The first-order chi connectivity index (χ1) is 11.0. The van der Waals surface area contributed by atoms with E-state index in [1.54, 1.807) is 6.20 Å². The second kappa shape index (κ2) is 7.66. The molecule has 1 aromatic heterocycles. The topological polar surface area (TPSA) is 45.5 Å². The molecule has 1 N–H and O–H groups in total. The lowest BCUT2D eigenvalue weighted by molar-refractivity contribution is 0.197. The van der Waals surface area contributed by atoms with E-state index in [4.69, 9.17) is 0 Å². The summed E-state index contributed by atoms with van der Waals surface area (Å²) < 4.78 is 1.25. The number of nitrogens with zero attached hydrogens (tertiary/aromatic N) is 2. The summed E-state index contributed by atoms with van der Waals surface area (Å²) in [4.78, 5) is 13.4. The van der Waals surface area contributed by atoms with Crippen LogP contribution in [0.3, 0.4) is 0 Å². The summed E-state index contributed by atoms with van der Waals surface area (Å²) in [7, 11) is 2.07. The van der Waals surface area contributed by atoms with Crippen LogP contribution in [0.4, 0.5) is 4.79 Å². The number of likely N-dealkylation sites (N-methyl/N-ethyl adjacent to an activating group) is 1. The first-order valence-electron chi connectivity index (χ1n) is 7.66. The zero-order valence-electron chi connectivity index (χ0n) is 13.7. The van der Waals surface area contributed by atoms with Crippen LogP contribution in [-0.4, -0.2) is 40.8 Å². The maximum Gasteiger partial charge on any atom is 0.416 e. The molecule has 0 spiro atoms. The Balaban J connectivity index is 2.05. The molecule has 120 valence electrons. The largest absolute Gasteiger partial charge is 0.464 e. The third kappa shape index (κ3) is 4.24. The lowest BCUT2D eigenvalue weighted by Crippen LogP contribution is -2.19. The summed E-state index contributed by atoms with van der Waals surface area (Å²) in [5.74, 6) is 6.35. The Morgan fingerprint density at radius 2 is 2.26 bits per heavy atom. The van der Waals surface area contributed by atoms with E-state index in [0.29, 0.717) is 5.52 Å². The fourth-order valence-corrected chi connectivity index (χ4v) is 2.54. The fraction of sp³-hybridized carbons (Fsp3) is 0.316. The number of carbonyl (C=O) groups is 1. The molecule has 23 heavy (non-hydrogen) atoms. The van der Waals surface area contributed by atoms with Crippen LogP contribution in [0, 0.1) is 18.8 Å². The van der Waals surface area contributed by atoms with Gasteiger partial charge in [0, 0.05) is 30.1 Å². The lowest BCUT2D eigenvalue weighted by atomic mass is 10.1. The van der Waals surface area contributed by atoms with Gasteiger partial charge in [0.05, 0.1) is 5.52 Å². The van der Waals surface area contributed by atoms with Crippen molar-refractivity contribution in [1.29, 1.82) is 0 Å². The van der Waals surface area contributed by atoms with Gasteiger partial charge in [-0.05, 0) is 50.7 Å². The van der Waals surface area contributed by atoms with Crippen LogP contribution in [0.2, 0.25) is 0 Å². The van der Waals surface area contributed by atoms with E-state index in [-0.39, 0.29) is 0 Å². The van der Waals surface area contributed by atoms with Gasteiger partial charge in [0.25, 0.3) is 0 Å². The molecule has 4 nitrogen and oxygen atoms in total. The zero-order valence-corrected chi connectivity index (χ0v) is 13.7. The van der Waals surface area contributed by atoms with Crippen molar-refractivity contribution < 1.29 is 9.90 Å². The molecule has 0 atom stereocenters. The minimum Gasteiger partial charge on any atom is -0.464 e. The maximum atomic E-state index is 11.2. The van der Waals surface area contributed by atoms with Gasteiger partial charge < -0.3 is 10.0 Å². The third-order valence-corrected chi connectivity index (χ3v) is 3.72. The monoisotopic (exact) mass is 310 g/mol. The van der Waals surface area contributed by atoms with Gasteiger partial charge >= 0.3 is 6.09 Å². The van der Waals surface area contributed by atoms with Crippen LogP contribution in [-0.2, 0) is 0 Å². The number of rotatable bonds is 5. The van der Waals surface area contributed by atoms with Gasteiger partial charge in [0.15, 0.2) is 0 Å². The van der Waals surface area contributed by atoms with Gasteiger partial charge in [-0.25, -0.2) is 4.79 Å². The Kier molecular flexibility index (Phi) is 5.61. The van der Waals surface area contributed by atoms with Crippen LogP contribution in [0.15, 0.2) is 37.1 Å². The standard InChI is InChI=1S/C19H22N2O2/c1-4-11-20(3)12-7-5-6-8-16-9-10-18-17(13-16)15(2)14-21(18)19(22)23/h4,9-10,13-14H,1,5,7,11-12H2,2-3H3,(H,22,23). The van der Waals surface area contributed by atoms with Crippen molar-refractivity contribution in [3.05, 3.63) is 48.2 Å². The number of fused-ring (bicyclic) bond motifs is 1. The predicted octanol–water partition coefficient (Wildman–Crippen LogP) is 3.73. The highest BCUT2D eigenvalue weighted by Gasteiger charge is 2.10. The summed E-state index contributed by atoms with van der Waals surface area (Å²) >= 11 is 0. The van der Waals surface area contributed by atoms with Crippen LogP contribution in [0.1, 0.15) is 24.0 Å². The molecule has 2 aromatic rings. The lowest BCUT2D eigenvalue weighted by Gasteiger charge is -2.12. The minimum absolute atomic E-state index is 0.701. The van der Waals surface area contributed by atoms with E-state index in [0.717, 1.165) is 42.4 Å². The van der Waals surface area contributed by atoms with E-state index < -0.39 is 6.09 Å². The van der Waals surface area contributed by atoms with Crippen molar-refractivity contribution >= 4 is 17.0 Å². The molecule has 0 bridgehead atoms. The van der Waals surface area contributed by atoms with E-state index in [1.807, 2.05) is 31.2 Å². The number of unbranched alkanes of at least 4 members (excludes halogenated alkanes) is 1. The maximum absolute atomic E-state index is 11.2. The molecule has 0 unspecified atom stereocenters. The molecule has 1 aromatic carbocycles. The Morgan fingerprint density at radius 3 is 2.96 bits per heavy atom. The normalized spacial score (nSPS) is 10.6. The number of aryl methyl sites for hydroxylation is 1. The number of carboxylic acid groups (broad SMARTS) is 1. The Hall–Kier alpha value is -2.51. The molecule has 1 heterocycles. The van der Waals surface area contributed by atoms with Crippen molar-refractivity contribution in [2.75, 3.05) is 20.1 Å². The molecular weight excluding hydrogens is 288 g/mol. The van der Waals surface area contributed by atoms with Gasteiger partial charge in [-0.3, -0.25) is 4.57 Å². The summed E-state index contributed by atoms with van der Waals surface area (Å²) in [6.45, 7) is 7.53. The second-order valence-electron chi connectivity index (χ2n) is 5.65. The summed E-state index contributed by atoms with van der Waals surface area (Å²) in [5, 5.41) is 10.1. The second-order valence-corrected chi connectivity index (χ2v) is 5.65. The summed E-state index contributed by atoms with van der Waals surface area (Å²) in [6.07, 6.45) is 4.43. The molecule has 0 aliphatic heterocycles. The molecule has 0 fully saturated rings. The molecule has 0 saturated carbocycles. The van der Waals surface area contributed by atoms with Gasteiger partial charge in [-0.15, -0.1) is 6.58 Å². The van der Waals surface area contributed by atoms with Crippen LogP contribution >= 0.6 is 0 Å². The van der Waals surface area contributed by atoms with Gasteiger partial charge in [0.2, 0.25) is 0 Å². The highest BCUT2D eigenvalue weighted by atomic mass is 16.4. The zero-order chi connectivity index (χ0) is 16.8. The highest BCUT2D eigenvalue weighted by molar-refractivity contribution is 5.92. The van der Waals surface area contributed by atoms with Crippen molar-refractivity contribution in [1.82, 2.24) is 9.47 Å². The average Bonchev–Trinajstić information content (AvgIpc) is 2.84. The molecular formula is C19H22N2O2. The number of hydrogen-bond acceptors (Lipinski definition) is 2. The van der Waals surface area contributed by atoms with E-state index in [1.165, 1.54) is 4.57 Å². The smallest absolute Gasteiger partial charge is 0.416 e. The number of benzene rings is 1. The first kappa shape index (κ1) is 16.9. The molecule has 0 saturated heterocycles. The summed E-state index contributed by atoms with van der Waals surface area (Å²) in [6, 6.07) is 5.65. The van der Waals surface area contributed by atoms with Crippen molar-refractivity contribution in [2.45, 2.75) is 19.8 Å². The minimum atomic E-state index is -0.967. The molecule has 2 rings (SSSR count). The third-order valence-electron chi connectivity index (χ3n) is 3.72. The SMILES string of the molecule is C=CCN(C)CCCC#Cc1ccc2c(c1)c(C)cn2C(=O)O. The molecule has 0 amide bonds. The van der Waals surface area contributed by atoms with Crippen LogP contribution in [0.5, 0.6) is 0 Å². The number of aromatic nitrogens is 1. The Labute approximate surface area is 137 Å². The number of hydrogen-bond donors (Lipinski definition) is 1. The van der Waals surface area contributed by atoms with Crippen LogP contribution in [0.25, 0.3) is 10.9 Å². The average molecular weight is 310 g/mol. The highest BCUT2D eigenvalue weighted by Crippen LogP contribution is 2.21. The van der Waals surface area contributed by atoms with Gasteiger partial charge in [-0.1, -0.05) is 17.9 Å². The van der Waals surface area contributed by atoms with Crippen molar-refractivity contribution in [3.63, 3.8) is 0 Å². The molecule has 0 radical (unpaired) electrons. The predicted molar refractivity (Wildman–Crippen MR) is 93.9 cm³/mol. The Bertz CT molecular complexity index is 778. The van der Waals surface area contributed by atoms with E-state index >= 15 is 0 Å².